The van der Waals surface area contributed by atoms with Gasteiger partial charge in [-0.05, 0) is 267 Å². The molecule has 0 aliphatic carbocycles. The van der Waals surface area contributed by atoms with Crippen molar-refractivity contribution in [1.82, 2.24) is 0 Å². The summed E-state index contributed by atoms with van der Waals surface area (Å²) in [4.78, 5) is 0. The number of hydrogen-bond donors (Lipinski definition) is 0. The molecule has 6 heterocycles. The number of fused-ring (bicyclic) bond motifs is 6. The van der Waals surface area contributed by atoms with Crippen LogP contribution < -0.4 is 47.4 Å². The van der Waals surface area contributed by atoms with Crippen LogP contribution >= 0.6 is 0 Å². The average Bonchev–Trinajstić information content (AvgIpc) is 1.81. The van der Waals surface area contributed by atoms with E-state index in [0.717, 1.165) is 173 Å². The van der Waals surface area contributed by atoms with E-state index in [0.29, 0.717) is 65.8 Å². The lowest BCUT2D eigenvalue weighted by Gasteiger charge is -2.20. The summed E-state index contributed by atoms with van der Waals surface area (Å²) in [5.74, 6) is 7.93. The molecule has 12 nitrogen and oxygen atoms in total. The summed E-state index contributed by atoms with van der Waals surface area (Å²) in [5.41, 5.74) is 18.9. The second-order valence-corrected chi connectivity index (χ2v) is 29.7. The molecular weight excluding hydrogens is 1620 g/mol. The molecule has 6 aliphatic heterocycles. The largest absolute Gasteiger partial charge is 0.486 e. The molecule has 0 radical (unpaired) electrons. The van der Waals surface area contributed by atoms with E-state index in [9.17, 15) is 26.3 Å². The highest BCUT2D eigenvalue weighted by Crippen LogP contribution is 2.38. The molecule has 0 atom stereocenters. The van der Waals surface area contributed by atoms with Gasteiger partial charge in [-0.25, -0.2) is 26.3 Å². The van der Waals surface area contributed by atoms with Crippen LogP contribution in [0.25, 0.3) is 0 Å². The summed E-state index contributed by atoms with van der Waals surface area (Å²) in [5, 5.41) is 0. The Morgan fingerprint density at radius 2 is 0.638 bits per heavy atom. The summed E-state index contributed by atoms with van der Waals surface area (Å²) in [6, 6.07) is 72.7. The molecule has 12 aromatic rings. The quantitative estimate of drug-likeness (QED) is 0.109. The molecule has 0 amide bonds. The fourth-order valence-electron chi connectivity index (χ4n) is 13.2. The molecule has 678 valence electrons. The van der Waals surface area contributed by atoms with Gasteiger partial charge in [-0.15, -0.1) is 0 Å². The molecule has 127 heavy (non-hydrogen) atoms. The van der Waals surface area contributed by atoms with Crippen LogP contribution in [0.4, 0.5) is 26.3 Å². The first-order valence-corrected chi connectivity index (χ1v) is 44.3. The Morgan fingerprint density at radius 1 is 0.220 bits per heavy atom. The number of hydrogen-bond acceptors (Lipinski definition) is 12. The lowest BCUT2D eigenvalue weighted by molar-refractivity contribution is -0.0171. The molecule has 18 rings (SSSR count). The SMILES string of the molecule is CCc1cc(F)cc2c1COCO2.CCc1ccc(C)c(F)c1.CCc1ccc(C)cc1F.CCc1ccc(F)cc1.CCc1ccc2c(c1)OCCO2.CCc1ccc2c(c1)OCO2.CCc1cccc(C)c1.CCc1cccc(F)c1.CCc1cccc2c1COCO2.CCc1cccc2c1OCCO2.CCc1cccc2c1OCO2.CCc1ccccc1F. The topological polar surface area (TPSA) is 111 Å². The Morgan fingerprint density at radius 3 is 1.18 bits per heavy atom. The maximum absolute atomic E-state index is 13.0. The van der Waals surface area contributed by atoms with Gasteiger partial charge in [0.1, 0.15) is 72.8 Å². The minimum absolute atomic E-state index is 0.0810. The van der Waals surface area contributed by atoms with Crippen LogP contribution in [0.1, 0.15) is 178 Å². The Bertz CT molecular complexity index is 5080. The van der Waals surface area contributed by atoms with Gasteiger partial charge in [0, 0.05) is 17.2 Å². The number of benzene rings is 12. The summed E-state index contributed by atoms with van der Waals surface area (Å²) in [7, 11) is 0. The molecule has 18 heteroatoms. The van der Waals surface area contributed by atoms with Crippen LogP contribution in [0.3, 0.4) is 0 Å². The van der Waals surface area contributed by atoms with Gasteiger partial charge in [0.15, 0.2) is 59.6 Å². The maximum Gasteiger partial charge on any atom is 0.231 e. The molecular formula is C109H128F6O12. The van der Waals surface area contributed by atoms with E-state index >= 15 is 0 Å². The van der Waals surface area contributed by atoms with Crippen molar-refractivity contribution in [3.63, 3.8) is 0 Å². The standard InChI is InChI=1S/C10H11FO2.3C10H12O2.2C9H11F.2C9H10O2.C9H12.3C8H9F/c1-2-7-3-8(11)4-10-9(7)5-12-6-13-10;1-2-8-3-4-9-10(7-8)12-6-5-11-9;1-2-8-4-3-5-10-9(8)6-11-7-12-10;1-2-8-4-3-5-9-10(8)12-7-6-11-9;1-3-8-5-4-7(2)9(10)6-8;1-3-8-5-4-7(2)6-9(8)10;1-2-7-3-4-8-9(5-7)11-6-10-8;1-2-7-4-3-5-8-9(7)11-6-10-8;1-3-9-6-4-5-8(2)7-9;1-2-7-3-5-8(9)6-4-7;1-2-7-4-3-5-8(9)6-7;1-2-7-5-3-4-6-8(7)9/h3-4H,2,5-6H2,1H3;3-4,7H,2,5-6H2,1H3;2*3-5H,2,6-7H2,1H3;2*4-6H,3H2,1-2H3;2*3-5H,2,6H2,1H3;4-7H,3H2,1-2H3;3*3-6H,2H2,1H3. The van der Waals surface area contributed by atoms with Crippen molar-refractivity contribution < 1.29 is 83.2 Å². The van der Waals surface area contributed by atoms with E-state index in [1.807, 2.05) is 139 Å². The van der Waals surface area contributed by atoms with Crippen molar-refractivity contribution in [2.24, 2.45) is 0 Å². The summed E-state index contributed by atoms with van der Waals surface area (Å²) in [6.45, 7) is 35.8. The number of para-hydroxylation sites is 2. The Hall–Kier alpha value is -11.9. The molecule has 0 spiro atoms. The zero-order chi connectivity index (χ0) is 91.7. The Kier molecular flexibility index (Phi) is 45.9. The van der Waals surface area contributed by atoms with Crippen molar-refractivity contribution in [2.45, 2.75) is 194 Å². The molecule has 0 N–H and O–H groups in total. The third kappa shape index (κ3) is 34.8. The summed E-state index contributed by atoms with van der Waals surface area (Å²) >= 11 is 0. The van der Waals surface area contributed by atoms with Gasteiger partial charge in [0.05, 0.1) is 13.2 Å². The zero-order valence-corrected chi connectivity index (χ0v) is 76.7. The van der Waals surface area contributed by atoms with Gasteiger partial charge in [-0.2, -0.15) is 0 Å². The molecule has 0 bridgehead atoms. The molecule has 0 saturated heterocycles. The molecule has 0 unspecified atom stereocenters. The number of aryl methyl sites for hydroxylation is 15. The average molecular weight is 1740 g/mol. The third-order valence-electron chi connectivity index (χ3n) is 20.8. The summed E-state index contributed by atoms with van der Waals surface area (Å²) < 4.78 is 139. The minimum Gasteiger partial charge on any atom is -0.486 e. The highest BCUT2D eigenvalue weighted by Gasteiger charge is 2.20. The molecule has 0 fully saturated rings. The monoisotopic (exact) mass is 1740 g/mol. The smallest absolute Gasteiger partial charge is 0.231 e. The van der Waals surface area contributed by atoms with E-state index in [1.165, 1.54) is 86.5 Å². The summed E-state index contributed by atoms with van der Waals surface area (Å²) in [6.07, 6.45) is 11.4. The van der Waals surface area contributed by atoms with Crippen LogP contribution in [0, 0.1) is 55.7 Å². The lowest BCUT2D eigenvalue weighted by Crippen LogP contribution is -2.16. The van der Waals surface area contributed by atoms with Crippen LogP contribution in [0.15, 0.2) is 237 Å². The van der Waals surface area contributed by atoms with Crippen molar-refractivity contribution >= 4 is 0 Å². The van der Waals surface area contributed by atoms with E-state index in [4.69, 9.17) is 56.8 Å². The van der Waals surface area contributed by atoms with E-state index in [1.54, 1.807) is 55.5 Å². The predicted molar refractivity (Wildman–Crippen MR) is 499 cm³/mol. The number of ether oxygens (including phenoxy) is 12. The highest BCUT2D eigenvalue weighted by atomic mass is 19.1. The molecule has 6 aliphatic rings. The zero-order valence-electron chi connectivity index (χ0n) is 76.7. The van der Waals surface area contributed by atoms with E-state index in [-0.39, 0.29) is 41.7 Å². The van der Waals surface area contributed by atoms with Crippen LogP contribution in [-0.2, 0) is 99.7 Å². The normalized spacial score (nSPS) is 12.3. The van der Waals surface area contributed by atoms with Gasteiger partial charge in [0.25, 0.3) is 0 Å². The van der Waals surface area contributed by atoms with Crippen molar-refractivity contribution in [2.75, 3.05) is 53.6 Å². The predicted octanol–water partition coefficient (Wildman–Crippen LogP) is 27.5. The number of rotatable bonds is 12. The van der Waals surface area contributed by atoms with Gasteiger partial charge in [0.2, 0.25) is 13.6 Å². The van der Waals surface area contributed by atoms with Gasteiger partial charge >= 0.3 is 0 Å². The Labute approximate surface area is 750 Å². The fraction of sp³-hybridized carbons (Fsp3) is 0.339. The minimum atomic E-state index is -0.238. The van der Waals surface area contributed by atoms with Gasteiger partial charge in [-0.1, -0.05) is 228 Å². The van der Waals surface area contributed by atoms with Crippen molar-refractivity contribution in [1.29, 1.82) is 0 Å². The van der Waals surface area contributed by atoms with Crippen LogP contribution in [0.5, 0.6) is 57.5 Å². The highest BCUT2D eigenvalue weighted by molar-refractivity contribution is 5.50. The second kappa shape index (κ2) is 57.0. The Balaban J connectivity index is 0.000000190. The van der Waals surface area contributed by atoms with Crippen LogP contribution in [-0.4, -0.2) is 53.6 Å². The van der Waals surface area contributed by atoms with E-state index < -0.39 is 0 Å². The molecule has 0 aromatic heterocycles. The third-order valence-corrected chi connectivity index (χ3v) is 20.8. The number of halogens is 6. The first-order chi connectivity index (χ1) is 61.6. The van der Waals surface area contributed by atoms with Crippen molar-refractivity contribution in [3.05, 3.63) is 366 Å². The first-order valence-electron chi connectivity index (χ1n) is 44.3. The maximum atomic E-state index is 13.0. The second-order valence-electron chi connectivity index (χ2n) is 29.7. The van der Waals surface area contributed by atoms with Gasteiger partial charge < -0.3 is 56.8 Å². The van der Waals surface area contributed by atoms with E-state index in [2.05, 4.69) is 109 Å². The van der Waals surface area contributed by atoms with Gasteiger partial charge in [-0.3, -0.25) is 0 Å². The van der Waals surface area contributed by atoms with Crippen LogP contribution in [0.2, 0.25) is 0 Å². The molecule has 12 aromatic carbocycles. The first kappa shape index (κ1) is 102. The molecule has 0 saturated carbocycles. The van der Waals surface area contributed by atoms with Crippen molar-refractivity contribution in [3.8, 4) is 57.5 Å². The lowest BCUT2D eigenvalue weighted by atomic mass is 10.0. The fourth-order valence-corrected chi connectivity index (χ4v) is 13.2.